The lowest BCUT2D eigenvalue weighted by molar-refractivity contribution is 0.0792. The standard InChI is InChI=1S/C13H14FN3OS/c1-17(7-5-9-3-2-8-19-9)13(18)10-4-6-16-12(15)11(10)14/h2-4,6,8H,5,7H2,1H3,(H2,15,16). The van der Waals surface area contributed by atoms with E-state index in [2.05, 4.69) is 4.98 Å². The molecule has 0 aliphatic carbocycles. The molecule has 19 heavy (non-hydrogen) atoms. The molecule has 1 amide bonds. The molecule has 0 unspecified atom stereocenters. The Kier molecular flexibility index (Phi) is 4.11. The third-order valence-corrected chi connectivity index (χ3v) is 3.70. The summed E-state index contributed by atoms with van der Waals surface area (Å²) in [6.07, 6.45) is 2.08. The molecule has 0 aromatic carbocycles. The number of hydrogen-bond donors (Lipinski definition) is 1. The normalized spacial score (nSPS) is 10.4. The van der Waals surface area contributed by atoms with Gasteiger partial charge in [0.15, 0.2) is 11.6 Å². The molecule has 2 N–H and O–H groups in total. The number of nitrogens with zero attached hydrogens (tertiary/aromatic N) is 2. The molecule has 0 atom stereocenters. The van der Waals surface area contributed by atoms with E-state index in [1.54, 1.807) is 18.4 Å². The van der Waals surface area contributed by atoms with Crippen molar-refractivity contribution in [2.24, 2.45) is 0 Å². The number of carbonyl (C=O) groups is 1. The summed E-state index contributed by atoms with van der Waals surface area (Å²) in [5.74, 6) is -1.39. The van der Waals surface area contributed by atoms with Gasteiger partial charge in [0, 0.05) is 24.7 Å². The number of rotatable bonds is 4. The first-order valence-corrected chi connectivity index (χ1v) is 6.65. The first-order chi connectivity index (χ1) is 9.09. The number of halogens is 1. The van der Waals surface area contributed by atoms with Crippen molar-refractivity contribution in [3.63, 3.8) is 0 Å². The third kappa shape index (κ3) is 3.08. The van der Waals surface area contributed by atoms with E-state index in [9.17, 15) is 9.18 Å². The van der Waals surface area contributed by atoms with E-state index in [1.807, 2.05) is 17.5 Å². The van der Waals surface area contributed by atoms with Crippen LogP contribution in [-0.2, 0) is 6.42 Å². The summed E-state index contributed by atoms with van der Waals surface area (Å²) in [7, 11) is 1.64. The summed E-state index contributed by atoms with van der Waals surface area (Å²) in [6.45, 7) is 0.529. The fraction of sp³-hybridized carbons (Fsp3) is 0.231. The van der Waals surface area contributed by atoms with Crippen LogP contribution in [0.4, 0.5) is 10.2 Å². The minimum absolute atomic E-state index is 0.0406. The maximum Gasteiger partial charge on any atom is 0.256 e. The molecule has 6 heteroatoms. The Labute approximate surface area is 114 Å². The molecule has 2 aromatic heterocycles. The molecular weight excluding hydrogens is 265 g/mol. The fourth-order valence-electron chi connectivity index (χ4n) is 1.66. The van der Waals surface area contributed by atoms with E-state index < -0.39 is 5.82 Å². The number of carbonyl (C=O) groups excluding carboxylic acids is 1. The minimum Gasteiger partial charge on any atom is -0.381 e. The molecular formula is C13H14FN3OS. The third-order valence-electron chi connectivity index (χ3n) is 2.77. The fourth-order valence-corrected chi connectivity index (χ4v) is 2.36. The van der Waals surface area contributed by atoms with Crippen molar-refractivity contribution in [1.29, 1.82) is 0 Å². The first-order valence-electron chi connectivity index (χ1n) is 5.77. The minimum atomic E-state index is -0.754. The molecule has 4 nitrogen and oxygen atoms in total. The molecule has 0 saturated heterocycles. The van der Waals surface area contributed by atoms with Gasteiger partial charge in [-0.05, 0) is 23.9 Å². The molecule has 0 fully saturated rings. The van der Waals surface area contributed by atoms with Crippen LogP contribution in [0.15, 0.2) is 29.8 Å². The van der Waals surface area contributed by atoms with Crippen LogP contribution in [0.1, 0.15) is 15.2 Å². The topological polar surface area (TPSA) is 59.2 Å². The lowest BCUT2D eigenvalue weighted by atomic mass is 10.2. The average molecular weight is 279 g/mol. The summed E-state index contributed by atoms with van der Waals surface area (Å²) in [4.78, 5) is 18.4. The van der Waals surface area contributed by atoms with Crippen LogP contribution in [0.2, 0.25) is 0 Å². The van der Waals surface area contributed by atoms with Crippen LogP contribution in [0.5, 0.6) is 0 Å². The number of hydrogen-bond acceptors (Lipinski definition) is 4. The number of pyridine rings is 1. The van der Waals surface area contributed by atoms with E-state index in [0.29, 0.717) is 6.54 Å². The number of thiophene rings is 1. The second kappa shape index (κ2) is 5.79. The molecule has 0 aliphatic heterocycles. The zero-order valence-electron chi connectivity index (χ0n) is 10.5. The van der Waals surface area contributed by atoms with Gasteiger partial charge in [0.05, 0.1) is 5.56 Å². The SMILES string of the molecule is CN(CCc1cccs1)C(=O)c1ccnc(N)c1F. The Hall–Kier alpha value is -1.95. The molecule has 0 bridgehead atoms. The second-order valence-electron chi connectivity index (χ2n) is 4.11. The first kappa shape index (κ1) is 13.5. The number of anilines is 1. The van der Waals surface area contributed by atoms with Gasteiger partial charge in [-0.2, -0.15) is 0 Å². The van der Waals surface area contributed by atoms with Crippen molar-refractivity contribution in [3.05, 3.63) is 46.0 Å². The van der Waals surface area contributed by atoms with Gasteiger partial charge in [-0.3, -0.25) is 4.79 Å². The van der Waals surface area contributed by atoms with Crippen molar-refractivity contribution in [2.45, 2.75) is 6.42 Å². The van der Waals surface area contributed by atoms with Crippen LogP contribution in [0.25, 0.3) is 0 Å². The predicted molar refractivity (Wildman–Crippen MR) is 73.6 cm³/mol. The highest BCUT2D eigenvalue weighted by Crippen LogP contribution is 2.15. The van der Waals surface area contributed by atoms with Crippen molar-refractivity contribution in [1.82, 2.24) is 9.88 Å². The molecule has 0 spiro atoms. The van der Waals surface area contributed by atoms with Gasteiger partial charge in [-0.25, -0.2) is 9.37 Å². The number of amides is 1. The smallest absolute Gasteiger partial charge is 0.256 e. The van der Waals surface area contributed by atoms with Crippen molar-refractivity contribution in [2.75, 3.05) is 19.3 Å². The van der Waals surface area contributed by atoms with Gasteiger partial charge in [0.25, 0.3) is 5.91 Å². The quantitative estimate of drug-likeness (QED) is 0.933. The summed E-state index contributed by atoms with van der Waals surface area (Å²) >= 11 is 1.64. The number of nitrogens with two attached hydrogens (primary N) is 1. The molecule has 0 saturated carbocycles. The van der Waals surface area contributed by atoms with E-state index in [4.69, 9.17) is 5.73 Å². The van der Waals surface area contributed by atoms with E-state index in [-0.39, 0.29) is 17.3 Å². The highest BCUT2D eigenvalue weighted by atomic mass is 32.1. The summed E-state index contributed by atoms with van der Waals surface area (Å²) in [6, 6.07) is 5.31. The van der Waals surface area contributed by atoms with Crippen LogP contribution < -0.4 is 5.73 Å². The van der Waals surface area contributed by atoms with E-state index in [0.717, 1.165) is 6.42 Å². The number of nitrogen functional groups attached to an aromatic ring is 1. The molecule has 100 valence electrons. The highest BCUT2D eigenvalue weighted by Gasteiger charge is 2.18. The summed E-state index contributed by atoms with van der Waals surface area (Å²) < 4.78 is 13.7. The zero-order chi connectivity index (χ0) is 13.8. The molecule has 2 heterocycles. The zero-order valence-corrected chi connectivity index (χ0v) is 11.3. The molecule has 2 aromatic rings. The van der Waals surface area contributed by atoms with E-state index >= 15 is 0 Å². The molecule has 0 aliphatic rings. The largest absolute Gasteiger partial charge is 0.381 e. The van der Waals surface area contributed by atoms with Crippen LogP contribution in [-0.4, -0.2) is 29.4 Å². The van der Waals surface area contributed by atoms with Gasteiger partial charge in [-0.15, -0.1) is 11.3 Å². The van der Waals surface area contributed by atoms with Crippen molar-refractivity contribution >= 4 is 23.1 Å². The summed E-state index contributed by atoms with van der Waals surface area (Å²) in [5, 5.41) is 1.99. The predicted octanol–water partition coefficient (Wildman–Crippen LogP) is 2.18. The monoisotopic (exact) mass is 279 g/mol. The Morgan fingerprint density at radius 3 is 3.00 bits per heavy atom. The van der Waals surface area contributed by atoms with Gasteiger partial charge >= 0.3 is 0 Å². The second-order valence-corrected chi connectivity index (χ2v) is 5.15. The maximum absolute atomic E-state index is 13.7. The van der Waals surface area contributed by atoms with Gasteiger partial charge in [0.1, 0.15) is 0 Å². The van der Waals surface area contributed by atoms with Crippen LogP contribution >= 0.6 is 11.3 Å². The Morgan fingerprint density at radius 2 is 2.32 bits per heavy atom. The lowest BCUT2D eigenvalue weighted by Gasteiger charge is -2.17. The van der Waals surface area contributed by atoms with Crippen LogP contribution in [0, 0.1) is 5.82 Å². The lowest BCUT2D eigenvalue weighted by Crippen LogP contribution is -2.29. The number of likely N-dealkylation sites (N-methyl/N-ethyl adjacent to an activating group) is 1. The molecule has 2 rings (SSSR count). The van der Waals surface area contributed by atoms with Crippen molar-refractivity contribution in [3.8, 4) is 0 Å². The van der Waals surface area contributed by atoms with Gasteiger partial charge < -0.3 is 10.6 Å². The van der Waals surface area contributed by atoms with Crippen LogP contribution in [0.3, 0.4) is 0 Å². The Bertz CT molecular complexity index is 571. The maximum atomic E-state index is 13.7. The van der Waals surface area contributed by atoms with Gasteiger partial charge in [0.2, 0.25) is 0 Å². The van der Waals surface area contributed by atoms with E-state index in [1.165, 1.54) is 22.0 Å². The number of aromatic nitrogens is 1. The van der Waals surface area contributed by atoms with Gasteiger partial charge in [-0.1, -0.05) is 6.07 Å². The highest BCUT2D eigenvalue weighted by molar-refractivity contribution is 7.09. The average Bonchev–Trinajstić information content (AvgIpc) is 2.91. The molecule has 0 radical (unpaired) electrons. The van der Waals surface area contributed by atoms with Crippen molar-refractivity contribution < 1.29 is 9.18 Å². The Morgan fingerprint density at radius 1 is 1.53 bits per heavy atom. The Balaban J connectivity index is 2.04. The summed E-state index contributed by atoms with van der Waals surface area (Å²) in [5.41, 5.74) is 5.31.